The van der Waals surface area contributed by atoms with Gasteiger partial charge in [-0.2, -0.15) is 0 Å². The number of carboxylic acid groups (broad SMARTS) is 1. The quantitative estimate of drug-likeness (QED) is 0.579. The first kappa shape index (κ1) is 19.2. The average molecular weight is 272 g/mol. The van der Waals surface area contributed by atoms with Gasteiger partial charge in [-0.05, 0) is 13.3 Å². The predicted molar refractivity (Wildman–Crippen MR) is 69.1 cm³/mol. The molecule has 108 valence electrons. The number of carbonyl (C=O) groups is 4. The smallest absolute Gasteiger partial charge is 0.322 e. The van der Waals surface area contributed by atoms with E-state index in [9.17, 15) is 19.2 Å². The second-order valence-corrected chi connectivity index (χ2v) is 3.76. The van der Waals surface area contributed by atoms with Crippen molar-refractivity contribution in [2.75, 3.05) is 6.54 Å². The van der Waals surface area contributed by atoms with E-state index in [1.807, 2.05) is 0 Å². The maximum Gasteiger partial charge on any atom is 0.322 e. The number of amides is 2. The summed E-state index contributed by atoms with van der Waals surface area (Å²) >= 11 is 0. The maximum absolute atomic E-state index is 11.4. The highest BCUT2D eigenvalue weighted by atomic mass is 16.4. The Balaban J connectivity index is 0. The molecule has 0 aromatic rings. The summed E-state index contributed by atoms with van der Waals surface area (Å²) in [4.78, 5) is 41.9. The molecule has 0 aliphatic rings. The summed E-state index contributed by atoms with van der Waals surface area (Å²) in [5, 5.41) is 10.6. The van der Waals surface area contributed by atoms with Crippen molar-refractivity contribution in [3.05, 3.63) is 12.2 Å². The number of nitrogens with one attached hydrogen (secondary N) is 1. The van der Waals surface area contributed by atoms with E-state index < -0.39 is 24.3 Å². The molecule has 0 heterocycles. The molecule has 4 N–H and O–H groups in total. The summed E-state index contributed by atoms with van der Waals surface area (Å²) in [6, 6.07) is 0. The molecule has 19 heavy (non-hydrogen) atoms. The molecule has 0 saturated carbocycles. The van der Waals surface area contributed by atoms with Gasteiger partial charge in [0.05, 0.1) is 5.92 Å². The molecule has 0 radical (unpaired) electrons. The summed E-state index contributed by atoms with van der Waals surface area (Å²) in [5.41, 5.74) is 4.68. The van der Waals surface area contributed by atoms with E-state index in [1.165, 1.54) is 13.8 Å². The van der Waals surface area contributed by atoms with E-state index in [0.717, 1.165) is 0 Å². The van der Waals surface area contributed by atoms with Crippen LogP contribution >= 0.6 is 0 Å². The van der Waals surface area contributed by atoms with Gasteiger partial charge in [-0.1, -0.05) is 13.5 Å². The molecule has 0 spiro atoms. The lowest BCUT2D eigenvalue weighted by molar-refractivity contribution is -0.138. The van der Waals surface area contributed by atoms with Gasteiger partial charge in [0.1, 0.15) is 6.54 Å². The zero-order valence-electron chi connectivity index (χ0n) is 11.4. The summed E-state index contributed by atoms with van der Waals surface area (Å²) in [7, 11) is 0. The molecule has 1 atom stereocenters. The van der Waals surface area contributed by atoms with E-state index in [0.29, 0.717) is 6.42 Å². The molecule has 0 aromatic heterocycles. The van der Waals surface area contributed by atoms with Crippen molar-refractivity contribution in [3.8, 4) is 0 Å². The first-order valence-corrected chi connectivity index (χ1v) is 5.58. The molecule has 0 bridgehead atoms. The minimum atomic E-state index is -1.12. The number of rotatable bonds is 6. The number of aliphatic carboxylic acids is 1. The molecule has 7 heteroatoms. The fourth-order valence-electron chi connectivity index (χ4n) is 1.12. The molecular weight excluding hydrogens is 252 g/mol. The van der Waals surface area contributed by atoms with Crippen molar-refractivity contribution >= 4 is 23.6 Å². The summed E-state index contributed by atoms with van der Waals surface area (Å²) in [5.74, 6) is -2.82. The number of Topliss-reactive ketones (excluding diaryl/α,β-unsaturated/α-hetero) is 1. The van der Waals surface area contributed by atoms with Crippen LogP contribution in [0.2, 0.25) is 0 Å². The molecule has 2 amide bonds. The monoisotopic (exact) mass is 272 g/mol. The van der Waals surface area contributed by atoms with Gasteiger partial charge in [-0.15, -0.1) is 0 Å². The number of carbonyl (C=O) groups excluding carboxylic acids is 3. The van der Waals surface area contributed by atoms with Gasteiger partial charge in [0.25, 0.3) is 0 Å². The minimum absolute atomic E-state index is 0.209. The van der Waals surface area contributed by atoms with E-state index in [2.05, 4.69) is 17.6 Å². The molecule has 1 unspecified atom stereocenters. The van der Waals surface area contributed by atoms with Gasteiger partial charge in [-0.3, -0.25) is 19.2 Å². The van der Waals surface area contributed by atoms with Crippen molar-refractivity contribution < 1.29 is 24.3 Å². The lowest BCUT2D eigenvalue weighted by Gasteiger charge is -2.14. The SMILES string of the molecule is C=C(C(C)=O)C(CC)C(=O)NCC(=O)O.CC(N)=O. The Morgan fingerprint density at radius 3 is 1.95 bits per heavy atom. The molecule has 0 saturated heterocycles. The number of nitrogens with two attached hydrogens (primary N) is 1. The van der Waals surface area contributed by atoms with Crippen molar-refractivity contribution in [3.63, 3.8) is 0 Å². The Morgan fingerprint density at radius 1 is 1.26 bits per heavy atom. The topological polar surface area (TPSA) is 127 Å². The van der Waals surface area contributed by atoms with Crippen molar-refractivity contribution in [1.29, 1.82) is 0 Å². The van der Waals surface area contributed by atoms with Gasteiger partial charge >= 0.3 is 5.97 Å². The molecule has 0 fully saturated rings. The maximum atomic E-state index is 11.4. The number of primary amides is 1. The Hall–Kier alpha value is -2.18. The third-order valence-electron chi connectivity index (χ3n) is 2.01. The van der Waals surface area contributed by atoms with Gasteiger partial charge in [-0.25, -0.2) is 0 Å². The second kappa shape index (κ2) is 9.81. The van der Waals surface area contributed by atoms with Gasteiger partial charge < -0.3 is 16.2 Å². The second-order valence-electron chi connectivity index (χ2n) is 3.76. The van der Waals surface area contributed by atoms with E-state index in [4.69, 9.17) is 5.11 Å². The largest absolute Gasteiger partial charge is 0.480 e. The Kier molecular flexibility index (Phi) is 9.90. The summed E-state index contributed by atoms with van der Waals surface area (Å²) in [6.07, 6.45) is 0.421. The third-order valence-corrected chi connectivity index (χ3v) is 2.01. The van der Waals surface area contributed by atoms with Crippen LogP contribution in [0.3, 0.4) is 0 Å². The van der Waals surface area contributed by atoms with Crippen molar-refractivity contribution in [1.82, 2.24) is 5.32 Å². The van der Waals surface area contributed by atoms with E-state index >= 15 is 0 Å². The van der Waals surface area contributed by atoms with Gasteiger partial charge in [0.2, 0.25) is 11.8 Å². The number of carboxylic acids is 1. The lowest BCUT2D eigenvalue weighted by atomic mass is 9.94. The zero-order chi connectivity index (χ0) is 15.6. The van der Waals surface area contributed by atoms with Crippen LogP contribution in [0.4, 0.5) is 0 Å². The fraction of sp³-hybridized carbons (Fsp3) is 0.500. The molecule has 0 aromatic carbocycles. The van der Waals surface area contributed by atoms with E-state index in [-0.39, 0.29) is 17.3 Å². The number of hydrogen-bond donors (Lipinski definition) is 3. The van der Waals surface area contributed by atoms with Crippen LogP contribution < -0.4 is 11.1 Å². The number of ketones is 1. The highest BCUT2D eigenvalue weighted by molar-refractivity contribution is 5.99. The first-order valence-electron chi connectivity index (χ1n) is 5.58. The molecule has 7 nitrogen and oxygen atoms in total. The first-order chi connectivity index (χ1) is 8.63. The number of hydrogen-bond acceptors (Lipinski definition) is 4. The van der Waals surface area contributed by atoms with Crippen molar-refractivity contribution in [2.24, 2.45) is 11.7 Å². The van der Waals surface area contributed by atoms with Crippen LogP contribution in [0, 0.1) is 5.92 Å². The normalized spacial score (nSPS) is 10.5. The Morgan fingerprint density at radius 2 is 1.68 bits per heavy atom. The molecule has 0 aliphatic carbocycles. The molecular formula is C12H20N2O5. The Labute approximate surface area is 111 Å². The molecule has 0 aliphatic heterocycles. The highest BCUT2D eigenvalue weighted by Crippen LogP contribution is 2.14. The predicted octanol–water partition coefficient (Wildman–Crippen LogP) is -0.150. The summed E-state index contributed by atoms with van der Waals surface area (Å²) < 4.78 is 0. The van der Waals surface area contributed by atoms with Crippen LogP contribution in [-0.2, 0) is 19.2 Å². The summed E-state index contributed by atoms with van der Waals surface area (Å²) in [6.45, 7) is 7.44. The van der Waals surface area contributed by atoms with Crippen molar-refractivity contribution in [2.45, 2.75) is 27.2 Å². The van der Waals surface area contributed by atoms with Gasteiger partial charge in [0, 0.05) is 12.5 Å². The van der Waals surface area contributed by atoms with Gasteiger partial charge in [0.15, 0.2) is 5.78 Å². The van der Waals surface area contributed by atoms with Crippen LogP contribution in [0.5, 0.6) is 0 Å². The highest BCUT2D eigenvalue weighted by Gasteiger charge is 2.22. The van der Waals surface area contributed by atoms with Crippen LogP contribution in [0.15, 0.2) is 12.2 Å². The standard InChI is InChI=1S/C10H15NO4.C2H5NO/c1-4-8(6(2)7(3)12)10(15)11-5-9(13)14;1-2(3)4/h8H,2,4-5H2,1,3H3,(H,11,15)(H,13,14);1H3,(H2,3,4). The van der Waals surface area contributed by atoms with Crippen LogP contribution in [-0.4, -0.2) is 35.2 Å². The minimum Gasteiger partial charge on any atom is -0.480 e. The Bertz CT molecular complexity index is 372. The van der Waals surface area contributed by atoms with Crippen LogP contribution in [0.25, 0.3) is 0 Å². The lowest BCUT2D eigenvalue weighted by Crippen LogP contribution is -2.36. The molecule has 0 rings (SSSR count). The third kappa shape index (κ3) is 10.7. The van der Waals surface area contributed by atoms with Crippen LogP contribution in [0.1, 0.15) is 27.2 Å². The average Bonchev–Trinajstić information content (AvgIpc) is 2.26. The zero-order valence-corrected chi connectivity index (χ0v) is 11.4. The fourth-order valence-corrected chi connectivity index (χ4v) is 1.12. The van der Waals surface area contributed by atoms with E-state index in [1.54, 1.807) is 6.92 Å².